The van der Waals surface area contributed by atoms with Crippen molar-refractivity contribution in [1.82, 2.24) is 10.3 Å². The lowest BCUT2D eigenvalue weighted by Gasteiger charge is -2.34. The van der Waals surface area contributed by atoms with Crippen LogP contribution in [0.15, 0.2) is 30.5 Å². The molecular formula is C15H15ClN4O3S. The number of nitrogens with one attached hydrogen (secondary N) is 2. The number of nitrogens with zero attached hydrogens (tertiary/aromatic N) is 1. The Labute approximate surface area is 148 Å². The second-order valence-electron chi connectivity index (χ2n) is 5.25. The summed E-state index contributed by atoms with van der Waals surface area (Å²) in [5, 5.41) is 3.25. The van der Waals surface area contributed by atoms with E-state index in [1.807, 2.05) is 23.1 Å². The Balaban J connectivity index is 1.84. The number of aromatic amines is 1. The molecule has 1 unspecified atom stereocenters. The minimum atomic E-state index is -0.859. The Morgan fingerprint density at radius 2 is 2.21 bits per heavy atom. The lowest BCUT2D eigenvalue weighted by molar-refractivity contribution is 0.0938. The number of benzene rings is 1. The van der Waals surface area contributed by atoms with Crippen LogP contribution in [-0.4, -0.2) is 22.5 Å². The summed E-state index contributed by atoms with van der Waals surface area (Å²) in [6.07, 6.45) is 0.847. The molecule has 3 rings (SSSR count). The molecule has 0 saturated carbocycles. The predicted octanol–water partition coefficient (Wildman–Crippen LogP) is 2.23. The normalized spacial score (nSPS) is 16.5. The number of ether oxygens (including phenoxy) is 1. The van der Waals surface area contributed by atoms with Crippen molar-refractivity contribution in [2.75, 3.05) is 4.90 Å². The van der Waals surface area contributed by atoms with Crippen LogP contribution in [0.1, 0.15) is 21.6 Å². The van der Waals surface area contributed by atoms with E-state index < -0.39 is 11.6 Å². The number of hydrogen-bond acceptors (Lipinski definition) is 5. The number of thiol groups is 1. The summed E-state index contributed by atoms with van der Waals surface area (Å²) in [4.78, 5) is 27.5. The molecule has 2 amide bonds. The van der Waals surface area contributed by atoms with Gasteiger partial charge in [0.2, 0.25) is 0 Å². The van der Waals surface area contributed by atoms with Crippen LogP contribution in [0.2, 0.25) is 5.02 Å². The molecule has 0 saturated heterocycles. The summed E-state index contributed by atoms with van der Waals surface area (Å²) in [6, 6.07) is 7.24. The number of carbonyl (C=O) groups is 2. The van der Waals surface area contributed by atoms with E-state index in [1.54, 1.807) is 12.3 Å². The summed E-state index contributed by atoms with van der Waals surface area (Å²) in [7, 11) is 0. The maximum atomic E-state index is 11.9. The number of carbonyl (C=O) groups excluding carboxylic acids is 2. The minimum absolute atomic E-state index is 0.00154. The van der Waals surface area contributed by atoms with Crippen molar-refractivity contribution in [3.05, 3.63) is 52.3 Å². The predicted molar refractivity (Wildman–Crippen MR) is 93.0 cm³/mol. The first-order valence-electron chi connectivity index (χ1n) is 7.08. The number of halogens is 1. The van der Waals surface area contributed by atoms with Gasteiger partial charge < -0.3 is 25.7 Å². The molecule has 1 aliphatic rings. The molecule has 126 valence electrons. The number of H-pyrrole nitrogens is 1. The summed E-state index contributed by atoms with van der Waals surface area (Å²) < 4.78 is 4.80. The van der Waals surface area contributed by atoms with Crippen LogP contribution in [0.5, 0.6) is 0 Å². The molecule has 9 heteroatoms. The maximum absolute atomic E-state index is 11.9. The smallest absolute Gasteiger partial charge is 0.404 e. The zero-order valence-corrected chi connectivity index (χ0v) is 14.1. The van der Waals surface area contributed by atoms with Gasteiger partial charge in [-0.25, -0.2) is 4.79 Å². The van der Waals surface area contributed by atoms with Gasteiger partial charge in [0.05, 0.1) is 5.69 Å². The second kappa shape index (κ2) is 6.66. The van der Waals surface area contributed by atoms with E-state index in [2.05, 4.69) is 22.9 Å². The van der Waals surface area contributed by atoms with E-state index in [9.17, 15) is 9.59 Å². The molecular weight excluding hydrogens is 352 g/mol. The highest BCUT2D eigenvalue weighted by Crippen LogP contribution is 2.29. The first-order valence-corrected chi connectivity index (χ1v) is 7.97. The number of aromatic nitrogens is 1. The van der Waals surface area contributed by atoms with E-state index in [0.29, 0.717) is 22.8 Å². The van der Waals surface area contributed by atoms with Gasteiger partial charge in [0, 0.05) is 23.3 Å². The summed E-state index contributed by atoms with van der Waals surface area (Å²) >= 11 is 10.5. The first-order chi connectivity index (χ1) is 11.5. The fourth-order valence-corrected chi connectivity index (χ4v) is 3.03. The van der Waals surface area contributed by atoms with Gasteiger partial charge in [-0.15, -0.1) is 12.6 Å². The largest absolute Gasteiger partial charge is 0.445 e. The summed E-state index contributed by atoms with van der Waals surface area (Å²) in [5.41, 5.74) is 7.36. The van der Waals surface area contributed by atoms with Gasteiger partial charge in [-0.05, 0) is 23.8 Å². The Morgan fingerprint density at radius 1 is 1.42 bits per heavy atom. The molecule has 1 aliphatic heterocycles. The van der Waals surface area contributed by atoms with E-state index in [-0.39, 0.29) is 12.5 Å². The van der Waals surface area contributed by atoms with Crippen LogP contribution in [0.25, 0.3) is 0 Å². The summed E-state index contributed by atoms with van der Waals surface area (Å²) in [6.45, 7) is 0.485. The highest BCUT2D eigenvalue weighted by atomic mass is 35.5. The molecule has 0 bridgehead atoms. The standard InChI is InChI=1S/C15H15ClN4O3S/c16-10-2-1-8(5-9(10)7-23-14(17)22)6-20-11-3-4-18-12(11)13(21)19-15(20)24/h1-5,15,18,24H,6-7H2,(H2,17,22)(H,19,21). The molecule has 0 radical (unpaired) electrons. The number of fused-ring (bicyclic) bond motifs is 1. The molecule has 1 atom stereocenters. The number of nitrogens with two attached hydrogens (primary N) is 1. The third-order valence-electron chi connectivity index (χ3n) is 3.65. The monoisotopic (exact) mass is 366 g/mol. The fourth-order valence-electron chi connectivity index (χ4n) is 2.54. The van der Waals surface area contributed by atoms with Gasteiger partial charge in [-0.1, -0.05) is 17.7 Å². The van der Waals surface area contributed by atoms with Crippen molar-refractivity contribution in [1.29, 1.82) is 0 Å². The van der Waals surface area contributed by atoms with E-state index >= 15 is 0 Å². The average Bonchev–Trinajstić information content (AvgIpc) is 3.01. The van der Waals surface area contributed by atoms with Gasteiger partial charge >= 0.3 is 6.09 Å². The van der Waals surface area contributed by atoms with Crippen LogP contribution in [-0.2, 0) is 17.9 Å². The van der Waals surface area contributed by atoms with Crippen LogP contribution in [0.3, 0.4) is 0 Å². The van der Waals surface area contributed by atoms with Crippen molar-refractivity contribution in [2.45, 2.75) is 18.6 Å². The number of anilines is 1. The molecule has 0 fully saturated rings. The van der Waals surface area contributed by atoms with Gasteiger partial charge in [0.1, 0.15) is 17.8 Å². The van der Waals surface area contributed by atoms with Gasteiger partial charge in [0.15, 0.2) is 0 Å². The van der Waals surface area contributed by atoms with Crippen molar-refractivity contribution in [3.63, 3.8) is 0 Å². The highest BCUT2D eigenvalue weighted by molar-refractivity contribution is 7.81. The SMILES string of the molecule is NC(=O)OCc1cc(CN2c3cc[nH]c3C(=O)NC2S)ccc1Cl. The third-order valence-corrected chi connectivity index (χ3v) is 4.43. The third kappa shape index (κ3) is 3.29. The number of amides is 2. The van der Waals surface area contributed by atoms with Gasteiger partial charge in [-0.2, -0.15) is 0 Å². The minimum Gasteiger partial charge on any atom is -0.445 e. The zero-order valence-electron chi connectivity index (χ0n) is 12.5. The zero-order chi connectivity index (χ0) is 17.3. The van der Waals surface area contributed by atoms with Crippen LogP contribution in [0.4, 0.5) is 10.5 Å². The Kier molecular flexibility index (Phi) is 4.59. The Morgan fingerprint density at radius 3 is 2.96 bits per heavy atom. The molecule has 4 N–H and O–H groups in total. The molecule has 0 aliphatic carbocycles. The molecule has 1 aromatic carbocycles. The highest BCUT2D eigenvalue weighted by Gasteiger charge is 2.29. The Bertz CT molecular complexity index is 795. The topological polar surface area (TPSA) is 100 Å². The fraction of sp³-hybridized carbons (Fsp3) is 0.200. The average molecular weight is 367 g/mol. The van der Waals surface area contributed by atoms with Crippen LogP contribution >= 0.6 is 24.2 Å². The van der Waals surface area contributed by atoms with E-state index in [1.165, 1.54) is 0 Å². The molecule has 0 spiro atoms. The van der Waals surface area contributed by atoms with Crippen LogP contribution < -0.4 is 16.0 Å². The second-order valence-corrected chi connectivity index (χ2v) is 6.14. The van der Waals surface area contributed by atoms with Crippen LogP contribution in [0, 0.1) is 0 Å². The quantitative estimate of drug-likeness (QED) is 0.623. The van der Waals surface area contributed by atoms with Crippen molar-refractivity contribution in [3.8, 4) is 0 Å². The van der Waals surface area contributed by atoms with Gasteiger partial charge in [-0.3, -0.25) is 4.79 Å². The van der Waals surface area contributed by atoms with E-state index in [4.69, 9.17) is 22.1 Å². The molecule has 7 nitrogen and oxygen atoms in total. The maximum Gasteiger partial charge on any atom is 0.404 e. The van der Waals surface area contributed by atoms with Crippen molar-refractivity contribution >= 4 is 41.9 Å². The van der Waals surface area contributed by atoms with Gasteiger partial charge in [0.25, 0.3) is 5.91 Å². The van der Waals surface area contributed by atoms with Crippen molar-refractivity contribution < 1.29 is 14.3 Å². The molecule has 2 heterocycles. The lowest BCUT2D eigenvalue weighted by atomic mass is 10.1. The number of hydrogen-bond donors (Lipinski definition) is 4. The van der Waals surface area contributed by atoms with E-state index in [0.717, 1.165) is 11.3 Å². The molecule has 24 heavy (non-hydrogen) atoms. The Hall–Kier alpha value is -2.32. The summed E-state index contributed by atoms with van der Waals surface area (Å²) in [5.74, 6) is -0.196. The molecule has 2 aromatic rings. The number of primary amides is 1. The lowest BCUT2D eigenvalue weighted by Crippen LogP contribution is -2.49. The number of rotatable bonds is 4. The molecule has 1 aromatic heterocycles. The first kappa shape index (κ1) is 16.5. The van der Waals surface area contributed by atoms with Crippen molar-refractivity contribution in [2.24, 2.45) is 5.73 Å².